The molecule has 6 heteroatoms. The number of aliphatic hydroxyl groups is 1. The van der Waals surface area contributed by atoms with Gasteiger partial charge in [0.1, 0.15) is 17.2 Å². The van der Waals surface area contributed by atoms with E-state index in [0.717, 1.165) is 0 Å². The van der Waals surface area contributed by atoms with Crippen molar-refractivity contribution >= 4 is 11.6 Å². The molecule has 0 fully saturated rings. The minimum atomic E-state index is -1.50. The van der Waals surface area contributed by atoms with Crippen molar-refractivity contribution in [3.05, 3.63) is 17.7 Å². The molecule has 108 valence electrons. The van der Waals surface area contributed by atoms with Crippen molar-refractivity contribution < 1.29 is 19.4 Å². The Balaban J connectivity index is 3.21. The normalized spacial score (nSPS) is 13.0. The Hall–Kier alpha value is -2.26. The Bertz CT molecular complexity index is 547. The van der Waals surface area contributed by atoms with Crippen molar-refractivity contribution in [2.75, 3.05) is 19.5 Å². The zero-order valence-corrected chi connectivity index (χ0v) is 12.0. The van der Waals surface area contributed by atoms with Crippen molar-refractivity contribution in [1.82, 2.24) is 0 Å². The number of nitriles is 1. The van der Waals surface area contributed by atoms with Gasteiger partial charge in [-0.25, -0.2) is 0 Å². The highest BCUT2D eigenvalue weighted by Crippen LogP contribution is 2.35. The van der Waals surface area contributed by atoms with Gasteiger partial charge in [-0.05, 0) is 25.5 Å². The average molecular weight is 278 g/mol. The number of ether oxygens (including phenoxy) is 2. The SMILES string of the molecule is CCC(C)(O)C(=O)Nc1ccc(OC)c(OC)c1C#N. The molecule has 1 rings (SSSR count). The minimum absolute atomic E-state index is 0.145. The Morgan fingerprint density at radius 3 is 2.55 bits per heavy atom. The number of methoxy groups -OCH3 is 2. The van der Waals surface area contributed by atoms with Gasteiger partial charge in [-0.2, -0.15) is 5.26 Å². The van der Waals surface area contributed by atoms with Gasteiger partial charge in [0.05, 0.1) is 19.9 Å². The van der Waals surface area contributed by atoms with Crippen LogP contribution in [0, 0.1) is 11.3 Å². The maximum Gasteiger partial charge on any atom is 0.256 e. The number of hydrogen-bond acceptors (Lipinski definition) is 5. The molecule has 1 atom stereocenters. The second-order valence-corrected chi connectivity index (χ2v) is 4.42. The van der Waals surface area contributed by atoms with E-state index in [1.165, 1.54) is 27.2 Å². The van der Waals surface area contributed by atoms with E-state index in [9.17, 15) is 15.2 Å². The molecular weight excluding hydrogens is 260 g/mol. The first kappa shape index (κ1) is 15.8. The Kier molecular flexibility index (Phi) is 4.94. The molecular formula is C14H18N2O4. The fraction of sp³-hybridized carbons (Fsp3) is 0.429. The smallest absolute Gasteiger partial charge is 0.256 e. The van der Waals surface area contributed by atoms with Gasteiger partial charge in [0, 0.05) is 0 Å². The topological polar surface area (TPSA) is 91.6 Å². The largest absolute Gasteiger partial charge is 0.493 e. The highest BCUT2D eigenvalue weighted by Gasteiger charge is 2.29. The quantitative estimate of drug-likeness (QED) is 0.855. The molecule has 0 radical (unpaired) electrons. The van der Waals surface area contributed by atoms with Crippen LogP contribution in [0.3, 0.4) is 0 Å². The number of carbonyl (C=O) groups excluding carboxylic acids is 1. The lowest BCUT2D eigenvalue weighted by Gasteiger charge is -2.21. The first-order valence-electron chi connectivity index (χ1n) is 6.10. The highest BCUT2D eigenvalue weighted by molar-refractivity contribution is 5.98. The second-order valence-electron chi connectivity index (χ2n) is 4.42. The standard InChI is InChI=1S/C14H18N2O4/c1-5-14(2,18)13(17)16-10-6-7-11(19-3)12(20-4)9(10)8-15/h6-7,18H,5H2,1-4H3,(H,16,17). The Morgan fingerprint density at radius 2 is 2.10 bits per heavy atom. The molecule has 6 nitrogen and oxygen atoms in total. The van der Waals surface area contributed by atoms with Crippen LogP contribution in [0.25, 0.3) is 0 Å². The van der Waals surface area contributed by atoms with E-state index >= 15 is 0 Å². The van der Waals surface area contributed by atoms with E-state index in [1.54, 1.807) is 13.0 Å². The van der Waals surface area contributed by atoms with E-state index in [1.807, 2.05) is 6.07 Å². The molecule has 1 aromatic rings. The van der Waals surface area contributed by atoms with Crippen molar-refractivity contribution in [3.63, 3.8) is 0 Å². The van der Waals surface area contributed by atoms with Gasteiger partial charge in [0.15, 0.2) is 11.5 Å². The Labute approximate surface area is 117 Å². The van der Waals surface area contributed by atoms with Crippen LogP contribution in [0.5, 0.6) is 11.5 Å². The van der Waals surface area contributed by atoms with Gasteiger partial charge in [-0.1, -0.05) is 6.92 Å². The lowest BCUT2D eigenvalue weighted by atomic mass is 10.0. The van der Waals surface area contributed by atoms with E-state index in [2.05, 4.69) is 5.32 Å². The number of benzene rings is 1. The monoisotopic (exact) mass is 278 g/mol. The van der Waals surface area contributed by atoms with Gasteiger partial charge in [0.2, 0.25) is 0 Å². The van der Waals surface area contributed by atoms with Gasteiger partial charge in [0.25, 0.3) is 5.91 Å². The molecule has 0 bridgehead atoms. The minimum Gasteiger partial charge on any atom is -0.493 e. The number of nitrogens with zero attached hydrogens (tertiary/aromatic N) is 1. The summed E-state index contributed by atoms with van der Waals surface area (Å²) in [5.41, 5.74) is -1.09. The summed E-state index contributed by atoms with van der Waals surface area (Å²) in [6, 6.07) is 5.07. The number of nitrogens with one attached hydrogen (secondary N) is 1. The van der Waals surface area contributed by atoms with Crippen molar-refractivity contribution in [1.29, 1.82) is 5.26 Å². The lowest BCUT2D eigenvalue weighted by molar-refractivity contribution is -0.132. The number of anilines is 1. The maximum absolute atomic E-state index is 11.9. The average Bonchev–Trinajstić information content (AvgIpc) is 2.46. The van der Waals surface area contributed by atoms with E-state index in [4.69, 9.17) is 9.47 Å². The summed E-state index contributed by atoms with van der Waals surface area (Å²) in [5.74, 6) is 0.0527. The van der Waals surface area contributed by atoms with Crippen molar-refractivity contribution in [3.8, 4) is 17.6 Å². The number of hydrogen-bond donors (Lipinski definition) is 2. The summed E-state index contributed by atoms with van der Waals surface area (Å²) < 4.78 is 10.2. The molecule has 1 amide bonds. The van der Waals surface area contributed by atoms with Gasteiger partial charge in [-0.15, -0.1) is 0 Å². The predicted octanol–water partition coefficient (Wildman–Crippen LogP) is 1.67. The van der Waals surface area contributed by atoms with Crippen LogP contribution < -0.4 is 14.8 Å². The van der Waals surface area contributed by atoms with E-state index in [-0.39, 0.29) is 23.4 Å². The first-order valence-corrected chi connectivity index (χ1v) is 6.10. The van der Waals surface area contributed by atoms with Crippen LogP contribution in [-0.2, 0) is 4.79 Å². The van der Waals surface area contributed by atoms with Crippen LogP contribution in [0.15, 0.2) is 12.1 Å². The number of carbonyl (C=O) groups is 1. The third kappa shape index (κ3) is 3.00. The van der Waals surface area contributed by atoms with Crippen LogP contribution in [-0.4, -0.2) is 30.8 Å². The van der Waals surface area contributed by atoms with Crippen LogP contribution >= 0.6 is 0 Å². The summed E-state index contributed by atoms with van der Waals surface area (Å²) in [4.78, 5) is 11.9. The molecule has 0 aliphatic carbocycles. The second kappa shape index (κ2) is 6.26. The Morgan fingerprint density at radius 1 is 1.45 bits per heavy atom. The van der Waals surface area contributed by atoms with Gasteiger partial charge in [-0.3, -0.25) is 4.79 Å². The summed E-state index contributed by atoms with van der Waals surface area (Å²) in [6.07, 6.45) is 0.258. The van der Waals surface area contributed by atoms with Crippen LogP contribution in [0.4, 0.5) is 5.69 Å². The fourth-order valence-corrected chi connectivity index (χ4v) is 1.56. The predicted molar refractivity (Wildman–Crippen MR) is 73.8 cm³/mol. The number of rotatable bonds is 5. The molecule has 20 heavy (non-hydrogen) atoms. The maximum atomic E-state index is 11.9. The molecule has 0 aromatic heterocycles. The summed E-state index contributed by atoms with van der Waals surface area (Å²) in [6.45, 7) is 3.11. The molecule has 1 aromatic carbocycles. The van der Waals surface area contributed by atoms with Crippen molar-refractivity contribution in [2.24, 2.45) is 0 Å². The molecule has 0 spiro atoms. The first-order chi connectivity index (χ1) is 9.41. The summed E-state index contributed by atoms with van der Waals surface area (Å²) >= 11 is 0. The van der Waals surface area contributed by atoms with Crippen molar-refractivity contribution in [2.45, 2.75) is 25.9 Å². The molecule has 0 saturated heterocycles. The van der Waals surface area contributed by atoms with Gasteiger partial charge < -0.3 is 19.9 Å². The summed E-state index contributed by atoms with van der Waals surface area (Å²) in [5, 5.41) is 21.6. The molecule has 1 unspecified atom stereocenters. The summed E-state index contributed by atoms with van der Waals surface area (Å²) in [7, 11) is 2.87. The fourth-order valence-electron chi connectivity index (χ4n) is 1.56. The van der Waals surface area contributed by atoms with Crippen LogP contribution in [0.2, 0.25) is 0 Å². The molecule has 0 aliphatic heterocycles. The highest BCUT2D eigenvalue weighted by atomic mass is 16.5. The zero-order valence-electron chi connectivity index (χ0n) is 12.0. The third-order valence-corrected chi connectivity index (χ3v) is 3.08. The van der Waals surface area contributed by atoms with Crippen LogP contribution in [0.1, 0.15) is 25.8 Å². The molecule has 2 N–H and O–H groups in total. The van der Waals surface area contributed by atoms with E-state index in [0.29, 0.717) is 5.75 Å². The lowest BCUT2D eigenvalue weighted by Crippen LogP contribution is -2.39. The zero-order chi connectivity index (χ0) is 15.3. The molecule has 0 heterocycles. The molecule has 0 saturated carbocycles. The number of amides is 1. The third-order valence-electron chi connectivity index (χ3n) is 3.08. The van der Waals surface area contributed by atoms with Gasteiger partial charge >= 0.3 is 0 Å². The molecule has 0 aliphatic rings. The van der Waals surface area contributed by atoms with E-state index < -0.39 is 11.5 Å².